The second-order valence-electron chi connectivity index (χ2n) is 13.2. The van der Waals surface area contributed by atoms with E-state index in [0.29, 0.717) is 37.0 Å². The zero-order chi connectivity index (χ0) is 33.2. The third-order valence-corrected chi connectivity index (χ3v) is 19.7. The van der Waals surface area contributed by atoms with E-state index in [9.17, 15) is 23.2 Å². The van der Waals surface area contributed by atoms with Crippen LogP contribution in [0.5, 0.6) is 0 Å². The third-order valence-electron chi connectivity index (χ3n) is 7.30. The van der Waals surface area contributed by atoms with E-state index in [0.717, 1.165) is 30.6 Å². The molecule has 2 rings (SSSR count). The number of hydrogen-bond donors (Lipinski definition) is 2. The van der Waals surface area contributed by atoms with Gasteiger partial charge < -0.3 is 37.4 Å². The molecule has 2 aromatic carbocycles. The monoisotopic (exact) mass is 695 g/mol. The molecule has 2 atom stereocenters. The van der Waals surface area contributed by atoms with Gasteiger partial charge in [0.15, 0.2) is 16.6 Å². The predicted molar refractivity (Wildman–Crippen MR) is 183 cm³/mol. The maximum Gasteiger partial charge on any atom is 1.00 e. The molecule has 0 amide bonds. The van der Waals surface area contributed by atoms with Gasteiger partial charge in [0.25, 0.3) is 0 Å². The molecule has 0 radical (unpaired) electrons. The number of aliphatic hydroxyl groups is 2. The first-order chi connectivity index (χ1) is 20.4. The Kier molecular flexibility index (Phi) is 17.8. The molecular formula is C30H54LiNO9SSi3. The van der Waals surface area contributed by atoms with Crippen LogP contribution in [-0.4, -0.2) is 101 Å². The molecule has 0 aliphatic heterocycles. The van der Waals surface area contributed by atoms with Crippen molar-refractivity contribution >= 4 is 51.8 Å². The molecule has 0 heterocycles. The Hall–Kier alpha value is -0.582. The van der Waals surface area contributed by atoms with Crippen molar-refractivity contribution in [2.24, 2.45) is 0 Å². The van der Waals surface area contributed by atoms with Crippen LogP contribution in [0.25, 0.3) is 10.8 Å². The number of aliphatic hydroxyl groups excluding tert-OH is 2. The van der Waals surface area contributed by atoms with E-state index < -0.39 is 47.5 Å². The topological polar surface area (TPSA) is 138 Å². The standard InChI is InChI=1S/C30H55NO9SSi3.Li/c1-9-25(32)23-37-18-12-20-42(3,4)39-44(7,8)40-43(5,6)21-13-19-38-24-26(33)22-31(2)29-16-17-30(41(34,35)36)28-15-11-10-14-27(28)29;/h10-11,14-17,25-26,32-33H,9,12-13,18-24H2,1-8H3,(H,34,35,36);/q;+1/p-1. The fourth-order valence-electron chi connectivity index (χ4n) is 5.48. The minimum absolute atomic E-state index is 0. The summed E-state index contributed by atoms with van der Waals surface area (Å²) in [4.78, 5) is 1.58. The summed E-state index contributed by atoms with van der Waals surface area (Å²) < 4.78 is 59.8. The molecule has 0 fully saturated rings. The number of ether oxygens (including phenoxy) is 2. The van der Waals surface area contributed by atoms with Gasteiger partial charge in [-0.3, -0.25) is 0 Å². The number of hydrogen-bond acceptors (Lipinski definition) is 10. The number of rotatable bonds is 21. The summed E-state index contributed by atoms with van der Waals surface area (Å²) in [7, 11) is -9.05. The van der Waals surface area contributed by atoms with Crippen LogP contribution in [-0.2, 0) is 27.8 Å². The molecule has 0 bridgehead atoms. The van der Waals surface area contributed by atoms with Crippen LogP contribution >= 0.6 is 0 Å². The average Bonchev–Trinajstić information content (AvgIpc) is 2.89. The van der Waals surface area contributed by atoms with Crippen LogP contribution in [0.15, 0.2) is 41.3 Å². The number of anilines is 1. The van der Waals surface area contributed by atoms with Crippen molar-refractivity contribution in [2.45, 2.75) is 94.7 Å². The Morgan fingerprint density at radius 1 is 0.822 bits per heavy atom. The van der Waals surface area contributed by atoms with Gasteiger partial charge in [0.05, 0.1) is 30.3 Å². The van der Waals surface area contributed by atoms with Crippen molar-refractivity contribution in [1.29, 1.82) is 0 Å². The second kappa shape index (κ2) is 18.8. The van der Waals surface area contributed by atoms with E-state index in [1.165, 1.54) is 6.07 Å². The van der Waals surface area contributed by atoms with Gasteiger partial charge in [0.2, 0.25) is 0 Å². The summed E-state index contributed by atoms with van der Waals surface area (Å²) in [6.45, 7) is 17.0. The van der Waals surface area contributed by atoms with Crippen molar-refractivity contribution in [3.05, 3.63) is 36.4 Å². The molecule has 0 aliphatic carbocycles. The van der Waals surface area contributed by atoms with E-state index >= 15 is 0 Å². The number of likely N-dealkylation sites (N-methyl/N-ethyl adjacent to an activating group) is 1. The van der Waals surface area contributed by atoms with Gasteiger partial charge in [-0.2, -0.15) is 0 Å². The summed E-state index contributed by atoms with van der Waals surface area (Å²) in [6, 6.07) is 11.7. The molecule has 0 aliphatic rings. The van der Waals surface area contributed by atoms with E-state index in [1.54, 1.807) is 30.3 Å². The van der Waals surface area contributed by atoms with Crippen LogP contribution in [0.1, 0.15) is 26.2 Å². The maximum absolute atomic E-state index is 11.7. The van der Waals surface area contributed by atoms with Crippen LogP contribution in [0.3, 0.4) is 0 Å². The molecule has 10 nitrogen and oxygen atoms in total. The largest absolute Gasteiger partial charge is 1.00 e. The Bertz CT molecular complexity index is 1280. The Labute approximate surface area is 286 Å². The Morgan fingerprint density at radius 3 is 1.80 bits per heavy atom. The molecule has 15 heteroatoms. The van der Waals surface area contributed by atoms with Crippen molar-refractivity contribution < 1.29 is 59.7 Å². The zero-order valence-electron chi connectivity index (χ0n) is 28.8. The zero-order valence-corrected chi connectivity index (χ0v) is 32.6. The average molecular weight is 696 g/mol. The summed E-state index contributed by atoms with van der Waals surface area (Å²) in [6.07, 6.45) is 1.28. The molecule has 0 saturated heterocycles. The Balaban J connectivity index is 0.0000101. The first kappa shape index (κ1) is 42.4. The van der Waals surface area contributed by atoms with Gasteiger partial charge in [0.1, 0.15) is 10.1 Å². The van der Waals surface area contributed by atoms with E-state index in [1.807, 2.05) is 18.9 Å². The van der Waals surface area contributed by atoms with E-state index in [4.69, 9.17) is 17.7 Å². The maximum atomic E-state index is 11.7. The first-order valence-corrected chi connectivity index (χ1v) is 25.9. The van der Waals surface area contributed by atoms with Crippen LogP contribution < -0.4 is 23.8 Å². The SMILES string of the molecule is CCC(O)COCCC[Si](C)(C)O[Si](C)(C)O[Si](C)(C)CCCOCC(O)CN(C)c1ccc(S(=O)(=O)[O-])c2ccccc12.[Li+]. The van der Waals surface area contributed by atoms with Gasteiger partial charge in [-0.1, -0.05) is 31.2 Å². The fourth-order valence-corrected chi connectivity index (χ4v) is 20.2. The summed E-state index contributed by atoms with van der Waals surface area (Å²) >= 11 is 0. The Morgan fingerprint density at radius 2 is 1.31 bits per heavy atom. The molecule has 2 aromatic rings. The number of benzene rings is 2. The molecule has 252 valence electrons. The molecule has 0 spiro atoms. The van der Waals surface area contributed by atoms with Crippen LogP contribution in [0, 0.1) is 0 Å². The smallest absolute Gasteiger partial charge is 0.744 e. The van der Waals surface area contributed by atoms with Gasteiger partial charge in [0, 0.05) is 43.3 Å². The molecule has 0 aromatic heterocycles. The van der Waals surface area contributed by atoms with Crippen molar-refractivity contribution in [3.63, 3.8) is 0 Å². The second-order valence-corrected chi connectivity index (χ2v) is 27.0. The summed E-state index contributed by atoms with van der Waals surface area (Å²) in [5.41, 5.74) is 0.720. The van der Waals surface area contributed by atoms with E-state index in [2.05, 4.69) is 39.3 Å². The van der Waals surface area contributed by atoms with E-state index in [-0.39, 0.29) is 36.9 Å². The van der Waals surface area contributed by atoms with Gasteiger partial charge in [-0.25, -0.2) is 8.42 Å². The van der Waals surface area contributed by atoms with Gasteiger partial charge in [-0.05, 0) is 82.8 Å². The molecule has 2 unspecified atom stereocenters. The normalized spacial score (nSPS) is 14.3. The third kappa shape index (κ3) is 15.5. The van der Waals surface area contributed by atoms with Crippen LogP contribution in [0.4, 0.5) is 5.69 Å². The predicted octanol–water partition coefficient (Wildman–Crippen LogP) is 2.27. The number of nitrogens with zero attached hydrogens (tertiary/aromatic N) is 1. The summed E-state index contributed by atoms with van der Waals surface area (Å²) in [5.74, 6) is 0. The molecule has 45 heavy (non-hydrogen) atoms. The van der Waals surface area contributed by atoms with Gasteiger partial charge in [-0.15, -0.1) is 0 Å². The molecular weight excluding hydrogens is 642 g/mol. The number of fused-ring (bicyclic) bond motifs is 1. The summed E-state index contributed by atoms with van der Waals surface area (Å²) in [5, 5.41) is 21.3. The van der Waals surface area contributed by atoms with Crippen molar-refractivity contribution in [3.8, 4) is 0 Å². The van der Waals surface area contributed by atoms with Crippen molar-refractivity contribution in [2.75, 3.05) is 44.9 Å². The first-order valence-electron chi connectivity index (χ1n) is 15.5. The van der Waals surface area contributed by atoms with Gasteiger partial charge >= 0.3 is 27.4 Å². The molecule has 0 saturated carbocycles. The minimum Gasteiger partial charge on any atom is -0.744 e. The van der Waals surface area contributed by atoms with Crippen molar-refractivity contribution in [1.82, 2.24) is 0 Å². The molecule has 2 N–H and O–H groups in total. The fraction of sp³-hybridized carbons (Fsp3) is 0.667. The quantitative estimate of drug-likeness (QED) is 0.114. The van der Waals surface area contributed by atoms with Crippen LogP contribution in [0.2, 0.25) is 51.4 Å². The minimum atomic E-state index is -4.61.